The molecule has 2 rings (SSSR count). The highest BCUT2D eigenvalue weighted by Gasteiger charge is 2.09. The molecule has 4 nitrogen and oxygen atoms in total. The molecular weight excluding hydrogens is 362 g/mol. The van der Waals surface area contributed by atoms with Gasteiger partial charge in [0.15, 0.2) is 11.1 Å². The van der Waals surface area contributed by atoms with E-state index in [0.717, 1.165) is 11.1 Å². The van der Waals surface area contributed by atoms with Gasteiger partial charge in [0.2, 0.25) is 0 Å². The van der Waals surface area contributed by atoms with E-state index in [1.807, 2.05) is 60.7 Å². The van der Waals surface area contributed by atoms with Crippen molar-refractivity contribution in [3.63, 3.8) is 0 Å². The summed E-state index contributed by atoms with van der Waals surface area (Å²) in [7, 11) is 1.20. The number of hydrogen-bond donors (Lipinski definition) is 0. The third kappa shape index (κ3) is 9.26. The van der Waals surface area contributed by atoms with Gasteiger partial charge < -0.3 is 18.8 Å². The fourth-order valence-electron chi connectivity index (χ4n) is 1.90. The highest BCUT2D eigenvalue weighted by atomic mass is 35.5. The molecule has 2 aromatic rings. The minimum Gasteiger partial charge on any atom is -0.409 e. The highest BCUT2D eigenvalue weighted by Crippen LogP contribution is 2.08. The summed E-state index contributed by atoms with van der Waals surface area (Å²) < 4.78 is 21.3. The van der Waals surface area contributed by atoms with Crippen LogP contribution in [0.1, 0.15) is 11.1 Å². The van der Waals surface area contributed by atoms with E-state index < -0.39 is 11.1 Å². The average Bonchev–Trinajstić information content (AvgIpc) is 2.66. The van der Waals surface area contributed by atoms with Gasteiger partial charge in [-0.3, -0.25) is 0 Å². The second kappa shape index (κ2) is 12.3. The molecule has 0 spiro atoms. The zero-order valence-corrected chi connectivity index (χ0v) is 15.2. The van der Waals surface area contributed by atoms with Gasteiger partial charge in [-0.2, -0.15) is 0 Å². The molecule has 2 atom stereocenters. The van der Waals surface area contributed by atoms with Gasteiger partial charge in [0.05, 0.1) is 26.4 Å². The van der Waals surface area contributed by atoms with Crippen LogP contribution >= 0.6 is 23.2 Å². The SMILES string of the molecule is ClC(CO[B]OCC(Cl)OCc1ccccc1)OCc1ccccc1. The molecule has 0 amide bonds. The Hall–Kier alpha value is -1.08. The molecule has 2 aromatic carbocycles. The molecule has 2 unspecified atom stereocenters. The molecule has 25 heavy (non-hydrogen) atoms. The van der Waals surface area contributed by atoms with E-state index in [-0.39, 0.29) is 13.2 Å². The van der Waals surface area contributed by atoms with E-state index in [9.17, 15) is 0 Å². The fraction of sp³-hybridized carbons (Fsp3) is 0.333. The van der Waals surface area contributed by atoms with Crippen LogP contribution in [-0.2, 0) is 32.0 Å². The Morgan fingerprint density at radius 1 is 0.680 bits per heavy atom. The Balaban J connectivity index is 1.47. The summed E-state index contributed by atoms with van der Waals surface area (Å²) in [5.74, 6) is 0. The third-order valence-corrected chi connectivity index (χ3v) is 3.64. The Morgan fingerprint density at radius 3 is 1.48 bits per heavy atom. The van der Waals surface area contributed by atoms with Crippen LogP contribution in [0, 0.1) is 0 Å². The lowest BCUT2D eigenvalue weighted by Crippen LogP contribution is -2.20. The molecule has 0 saturated heterocycles. The molecule has 0 aliphatic rings. The zero-order valence-electron chi connectivity index (χ0n) is 13.7. The molecule has 0 aromatic heterocycles. The van der Waals surface area contributed by atoms with E-state index in [0.29, 0.717) is 13.2 Å². The van der Waals surface area contributed by atoms with Gasteiger partial charge in [0, 0.05) is 0 Å². The van der Waals surface area contributed by atoms with Crippen LogP contribution in [0.5, 0.6) is 0 Å². The molecule has 133 valence electrons. The van der Waals surface area contributed by atoms with Crippen LogP contribution in [0.4, 0.5) is 0 Å². The Kier molecular flexibility index (Phi) is 9.96. The van der Waals surface area contributed by atoms with Crippen molar-refractivity contribution in [1.82, 2.24) is 0 Å². The Bertz CT molecular complexity index is 522. The normalized spacial score (nSPS) is 13.4. The van der Waals surface area contributed by atoms with E-state index >= 15 is 0 Å². The summed E-state index contributed by atoms with van der Waals surface area (Å²) >= 11 is 12.0. The summed E-state index contributed by atoms with van der Waals surface area (Å²) in [6, 6.07) is 19.6. The van der Waals surface area contributed by atoms with E-state index in [1.54, 1.807) is 0 Å². The van der Waals surface area contributed by atoms with Crippen molar-refractivity contribution in [2.24, 2.45) is 0 Å². The molecular formula is C18H20BCl2O4. The fourth-order valence-corrected chi connectivity index (χ4v) is 2.17. The molecule has 0 aliphatic heterocycles. The summed E-state index contributed by atoms with van der Waals surface area (Å²) in [5.41, 5.74) is 0.963. The number of ether oxygens (including phenoxy) is 2. The largest absolute Gasteiger partial charge is 0.488 e. The molecule has 0 bridgehead atoms. The van der Waals surface area contributed by atoms with Gasteiger partial charge in [-0.25, -0.2) is 0 Å². The van der Waals surface area contributed by atoms with E-state index in [2.05, 4.69) is 0 Å². The van der Waals surface area contributed by atoms with Crippen molar-refractivity contribution in [2.75, 3.05) is 13.2 Å². The maximum Gasteiger partial charge on any atom is 0.488 e. The quantitative estimate of drug-likeness (QED) is 0.315. The van der Waals surface area contributed by atoms with Crippen LogP contribution in [0.15, 0.2) is 60.7 Å². The lowest BCUT2D eigenvalue weighted by molar-refractivity contribution is 0.0391. The van der Waals surface area contributed by atoms with Gasteiger partial charge in [-0.15, -0.1) is 0 Å². The lowest BCUT2D eigenvalue weighted by Gasteiger charge is -2.13. The Morgan fingerprint density at radius 2 is 1.08 bits per heavy atom. The van der Waals surface area contributed by atoms with Crippen LogP contribution in [0.2, 0.25) is 0 Å². The molecule has 7 heteroatoms. The van der Waals surface area contributed by atoms with Crippen LogP contribution in [-0.4, -0.2) is 32.0 Å². The lowest BCUT2D eigenvalue weighted by atomic mass is 10.2. The second-order valence-corrected chi connectivity index (χ2v) is 6.15. The van der Waals surface area contributed by atoms with E-state index in [4.69, 9.17) is 42.0 Å². The molecule has 0 N–H and O–H groups in total. The minimum absolute atomic E-state index is 0.173. The van der Waals surface area contributed by atoms with Crippen molar-refractivity contribution < 1.29 is 18.8 Å². The first-order chi connectivity index (χ1) is 12.2. The van der Waals surface area contributed by atoms with E-state index in [1.165, 1.54) is 7.69 Å². The standard InChI is InChI=1S/C18H20BCl2O4/c20-17(22-11-15-7-3-1-4-8-15)13-24-19-25-14-18(21)23-12-16-9-5-2-6-10-16/h1-10,17-18H,11-14H2. The number of benzene rings is 2. The van der Waals surface area contributed by atoms with Gasteiger partial charge >= 0.3 is 7.69 Å². The molecule has 0 fully saturated rings. The first-order valence-electron chi connectivity index (χ1n) is 7.88. The van der Waals surface area contributed by atoms with Gasteiger partial charge in [-0.1, -0.05) is 83.9 Å². The number of hydrogen-bond acceptors (Lipinski definition) is 4. The minimum atomic E-state index is -0.568. The van der Waals surface area contributed by atoms with Crippen LogP contribution < -0.4 is 0 Å². The van der Waals surface area contributed by atoms with Crippen molar-refractivity contribution in [3.8, 4) is 0 Å². The smallest absolute Gasteiger partial charge is 0.409 e. The first-order valence-corrected chi connectivity index (χ1v) is 8.75. The molecule has 0 aliphatic carbocycles. The maximum atomic E-state index is 6.02. The predicted octanol–water partition coefficient (Wildman–Crippen LogP) is 4.12. The second-order valence-electron chi connectivity index (χ2n) is 5.18. The third-order valence-electron chi connectivity index (χ3n) is 3.14. The first kappa shape index (κ1) is 20.2. The predicted molar refractivity (Wildman–Crippen MR) is 99.4 cm³/mol. The van der Waals surface area contributed by atoms with Crippen molar-refractivity contribution in [1.29, 1.82) is 0 Å². The van der Waals surface area contributed by atoms with Crippen molar-refractivity contribution in [2.45, 2.75) is 24.3 Å². The van der Waals surface area contributed by atoms with Crippen LogP contribution in [0.3, 0.4) is 0 Å². The van der Waals surface area contributed by atoms with Gasteiger partial charge in [0.25, 0.3) is 0 Å². The number of halogens is 2. The number of alkyl halides is 2. The van der Waals surface area contributed by atoms with Gasteiger partial charge in [0.1, 0.15) is 0 Å². The summed E-state index contributed by atoms with van der Waals surface area (Å²) in [4.78, 5) is 0. The zero-order chi connectivity index (χ0) is 17.7. The molecule has 0 saturated carbocycles. The summed E-state index contributed by atoms with van der Waals surface area (Å²) in [6.45, 7) is 1.20. The van der Waals surface area contributed by atoms with Crippen molar-refractivity contribution in [3.05, 3.63) is 71.8 Å². The molecule has 0 heterocycles. The summed E-state index contributed by atoms with van der Waals surface area (Å²) in [6.07, 6.45) is 0. The summed E-state index contributed by atoms with van der Waals surface area (Å²) in [5, 5.41) is 0. The van der Waals surface area contributed by atoms with Crippen LogP contribution in [0.25, 0.3) is 0 Å². The average molecular weight is 382 g/mol. The number of rotatable bonds is 12. The monoisotopic (exact) mass is 381 g/mol. The Labute approximate surface area is 159 Å². The highest BCUT2D eigenvalue weighted by molar-refractivity contribution is 6.22. The topological polar surface area (TPSA) is 36.9 Å². The molecule has 1 radical (unpaired) electrons. The maximum absolute atomic E-state index is 6.02. The van der Waals surface area contributed by atoms with Crippen molar-refractivity contribution >= 4 is 30.9 Å². The van der Waals surface area contributed by atoms with Gasteiger partial charge in [-0.05, 0) is 11.1 Å².